The minimum Gasteiger partial charge on any atom is -0.380 e. The van der Waals surface area contributed by atoms with Gasteiger partial charge in [-0.2, -0.15) is 0 Å². The molecule has 0 aromatic carbocycles. The Bertz CT molecular complexity index is 570. The fourth-order valence-electron chi connectivity index (χ4n) is 2.26. The van der Waals surface area contributed by atoms with Gasteiger partial charge in [-0.15, -0.1) is 12.4 Å². The lowest BCUT2D eigenvalue weighted by atomic mass is 10.2. The molecule has 1 aliphatic heterocycles. The number of hydrogen-bond donors (Lipinski definition) is 2. The minimum absolute atomic E-state index is 0. The van der Waals surface area contributed by atoms with Gasteiger partial charge in [0.25, 0.3) is 0 Å². The van der Waals surface area contributed by atoms with E-state index in [1.165, 1.54) is 0 Å². The average molecular weight is 270 g/mol. The molecule has 7 heteroatoms. The first kappa shape index (κ1) is 12.9. The molecule has 6 nitrogen and oxygen atoms in total. The lowest BCUT2D eigenvalue weighted by molar-refractivity contribution is 0.459. The molecule has 0 radical (unpaired) electrons. The van der Waals surface area contributed by atoms with E-state index in [9.17, 15) is 0 Å². The van der Waals surface area contributed by atoms with Crippen LogP contribution >= 0.6 is 12.4 Å². The molecule has 18 heavy (non-hydrogen) atoms. The molecule has 1 fully saturated rings. The molecule has 0 saturated carbocycles. The zero-order valence-corrected chi connectivity index (χ0v) is 10.9. The number of pyridine rings is 1. The first-order valence-corrected chi connectivity index (χ1v) is 5.68. The predicted molar refractivity (Wildman–Crippen MR) is 73.0 cm³/mol. The van der Waals surface area contributed by atoms with Gasteiger partial charge in [-0.25, -0.2) is 4.98 Å². The van der Waals surface area contributed by atoms with Gasteiger partial charge in [-0.1, -0.05) is 5.16 Å². The highest BCUT2D eigenvalue weighted by Crippen LogP contribution is 2.30. The number of fused-ring (bicyclic) bond motifs is 1. The van der Waals surface area contributed by atoms with Crippen LogP contribution in [0.25, 0.3) is 11.0 Å². The van der Waals surface area contributed by atoms with Crippen molar-refractivity contribution in [2.45, 2.75) is 19.4 Å². The first-order chi connectivity index (χ1) is 8.15. The molecule has 0 bridgehead atoms. The van der Waals surface area contributed by atoms with E-state index >= 15 is 0 Å². The Morgan fingerprint density at radius 2 is 2.28 bits per heavy atom. The lowest BCUT2D eigenvalue weighted by Gasteiger charge is -2.16. The van der Waals surface area contributed by atoms with E-state index in [0.29, 0.717) is 11.4 Å². The van der Waals surface area contributed by atoms with Gasteiger partial charge in [0, 0.05) is 24.8 Å². The highest BCUT2D eigenvalue weighted by Gasteiger charge is 2.24. The number of aromatic nitrogens is 2. The molecule has 1 atom stereocenters. The second-order valence-corrected chi connectivity index (χ2v) is 4.53. The summed E-state index contributed by atoms with van der Waals surface area (Å²) >= 11 is 0. The monoisotopic (exact) mass is 269 g/mol. The summed E-state index contributed by atoms with van der Waals surface area (Å²) in [5.41, 5.74) is 13.2. The zero-order chi connectivity index (χ0) is 12.0. The Hall–Kier alpha value is -1.53. The van der Waals surface area contributed by atoms with Crippen molar-refractivity contribution in [1.29, 1.82) is 0 Å². The van der Waals surface area contributed by atoms with Crippen LogP contribution in [0.2, 0.25) is 0 Å². The molecule has 2 aromatic heterocycles. The van der Waals surface area contributed by atoms with Crippen molar-refractivity contribution >= 4 is 35.0 Å². The van der Waals surface area contributed by atoms with E-state index in [-0.39, 0.29) is 18.4 Å². The summed E-state index contributed by atoms with van der Waals surface area (Å²) < 4.78 is 5.26. The fraction of sp³-hybridized carbons (Fsp3) is 0.455. The molecule has 1 unspecified atom stereocenters. The minimum atomic E-state index is 0. The maximum Gasteiger partial charge on any atom is 0.211 e. The van der Waals surface area contributed by atoms with E-state index in [2.05, 4.69) is 15.0 Å². The van der Waals surface area contributed by atoms with Crippen LogP contribution < -0.4 is 16.4 Å². The quantitative estimate of drug-likeness (QED) is 0.804. The Morgan fingerprint density at radius 1 is 1.50 bits per heavy atom. The Kier molecular flexibility index (Phi) is 3.32. The van der Waals surface area contributed by atoms with Crippen LogP contribution in [0, 0.1) is 6.92 Å². The maximum absolute atomic E-state index is 5.91. The van der Waals surface area contributed by atoms with Crippen molar-refractivity contribution in [2.24, 2.45) is 5.73 Å². The third-order valence-electron chi connectivity index (χ3n) is 3.12. The van der Waals surface area contributed by atoms with Crippen molar-refractivity contribution in [1.82, 2.24) is 10.1 Å². The van der Waals surface area contributed by atoms with Crippen LogP contribution in [0.1, 0.15) is 12.1 Å². The van der Waals surface area contributed by atoms with Crippen LogP contribution in [0.3, 0.4) is 0 Å². The summed E-state index contributed by atoms with van der Waals surface area (Å²) in [6, 6.07) is 2.09. The SMILES string of the molecule is Cc1cc2c(N)noc2c(N2CCC(N)C2)n1.Cl. The number of aryl methyl sites for hydroxylation is 1. The van der Waals surface area contributed by atoms with Gasteiger partial charge in [0.05, 0.1) is 5.39 Å². The van der Waals surface area contributed by atoms with E-state index < -0.39 is 0 Å². The number of halogens is 1. The van der Waals surface area contributed by atoms with Gasteiger partial charge >= 0.3 is 0 Å². The normalized spacial score (nSPS) is 19.2. The standard InChI is InChI=1S/C11H15N5O.ClH/c1-6-4-8-9(17-15-10(8)13)11(14-6)16-3-2-7(12)5-16;/h4,7H,2-3,5,12H2,1H3,(H2,13,15);1H. The zero-order valence-electron chi connectivity index (χ0n) is 10.1. The van der Waals surface area contributed by atoms with Crippen molar-refractivity contribution in [2.75, 3.05) is 23.7 Å². The van der Waals surface area contributed by atoms with Crippen LogP contribution in [-0.2, 0) is 0 Å². The Labute approximate surface area is 111 Å². The Morgan fingerprint density at radius 3 is 2.94 bits per heavy atom. The van der Waals surface area contributed by atoms with Crippen LogP contribution in [0.5, 0.6) is 0 Å². The van der Waals surface area contributed by atoms with Gasteiger partial charge in [0.2, 0.25) is 5.58 Å². The van der Waals surface area contributed by atoms with Crippen molar-refractivity contribution in [3.8, 4) is 0 Å². The van der Waals surface area contributed by atoms with Gasteiger partial charge in [0.15, 0.2) is 11.6 Å². The maximum atomic E-state index is 5.91. The van der Waals surface area contributed by atoms with E-state index in [1.54, 1.807) is 0 Å². The van der Waals surface area contributed by atoms with Crippen LogP contribution in [-0.4, -0.2) is 29.3 Å². The number of nitrogens with zero attached hydrogens (tertiary/aromatic N) is 3. The van der Waals surface area contributed by atoms with Gasteiger partial charge in [0.1, 0.15) is 0 Å². The van der Waals surface area contributed by atoms with Crippen molar-refractivity contribution in [3.63, 3.8) is 0 Å². The third kappa shape index (κ3) is 1.97. The molecule has 0 aliphatic carbocycles. The molecule has 2 aromatic rings. The number of hydrogen-bond acceptors (Lipinski definition) is 6. The number of rotatable bonds is 1. The summed E-state index contributed by atoms with van der Waals surface area (Å²) in [5.74, 6) is 1.22. The largest absolute Gasteiger partial charge is 0.380 e. The first-order valence-electron chi connectivity index (χ1n) is 5.68. The summed E-state index contributed by atoms with van der Waals surface area (Å²) in [7, 11) is 0. The van der Waals surface area contributed by atoms with Crippen molar-refractivity contribution in [3.05, 3.63) is 11.8 Å². The number of anilines is 2. The molecular weight excluding hydrogens is 254 g/mol. The lowest BCUT2D eigenvalue weighted by Crippen LogP contribution is -2.27. The van der Waals surface area contributed by atoms with E-state index in [4.69, 9.17) is 16.0 Å². The summed E-state index contributed by atoms with van der Waals surface area (Å²) in [5, 5.41) is 4.62. The number of nitrogens with two attached hydrogens (primary N) is 2. The molecule has 4 N–H and O–H groups in total. The highest BCUT2D eigenvalue weighted by molar-refractivity contribution is 5.94. The smallest absolute Gasteiger partial charge is 0.211 e. The topological polar surface area (TPSA) is 94.2 Å². The van der Waals surface area contributed by atoms with E-state index in [1.807, 2.05) is 13.0 Å². The second-order valence-electron chi connectivity index (χ2n) is 4.53. The average Bonchev–Trinajstić information content (AvgIpc) is 2.86. The molecule has 1 aliphatic rings. The molecule has 98 valence electrons. The predicted octanol–water partition coefficient (Wildman–Crippen LogP) is 1.07. The molecule has 3 rings (SSSR count). The summed E-state index contributed by atoms with van der Waals surface area (Å²) in [4.78, 5) is 6.64. The molecule has 3 heterocycles. The van der Waals surface area contributed by atoms with Crippen molar-refractivity contribution < 1.29 is 4.52 Å². The molecule has 1 saturated heterocycles. The van der Waals surface area contributed by atoms with Crippen LogP contribution in [0.15, 0.2) is 10.6 Å². The third-order valence-corrected chi connectivity index (χ3v) is 3.12. The summed E-state index contributed by atoms with van der Waals surface area (Å²) in [6.45, 7) is 3.63. The summed E-state index contributed by atoms with van der Waals surface area (Å²) in [6.07, 6.45) is 0.973. The van der Waals surface area contributed by atoms with Crippen LogP contribution in [0.4, 0.5) is 11.6 Å². The molecule has 0 amide bonds. The molecule has 0 spiro atoms. The van der Waals surface area contributed by atoms with E-state index in [0.717, 1.165) is 36.4 Å². The molecular formula is C11H16ClN5O. The Balaban J connectivity index is 0.00000120. The second kappa shape index (κ2) is 4.62. The fourth-order valence-corrected chi connectivity index (χ4v) is 2.26. The highest BCUT2D eigenvalue weighted by atomic mass is 35.5. The van der Waals surface area contributed by atoms with Gasteiger partial charge in [-0.05, 0) is 19.4 Å². The van der Waals surface area contributed by atoms with Gasteiger partial charge < -0.3 is 20.9 Å². The number of nitrogen functional groups attached to an aromatic ring is 1. The van der Waals surface area contributed by atoms with Gasteiger partial charge in [-0.3, -0.25) is 0 Å².